The first-order valence-corrected chi connectivity index (χ1v) is 11.0. The molecule has 0 radical (unpaired) electrons. The molecule has 0 aliphatic carbocycles. The summed E-state index contributed by atoms with van der Waals surface area (Å²) in [5.41, 5.74) is 2.64. The van der Waals surface area contributed by atoms with Crippen molar-refractivity contribution in [2.24, 2.45) is 0 Å². The Bertz CT molecular complexity index is 1360. The van der Waals surface area contributed by atoms with Gasteiger partial charge in [-0.1, -0.05) is 0 Å². The van der Waals surface area contributed by atoms with Crippen LogP contribution >= 0.6 is 0 Å². The van der Waals surface area contributed by atoms with Gasteiger partial charge in [-0.15, -0.1) is 0 Å². The molecule has 0 aliphatic heterocycles. The van der Waals surface area contributed by atoms with Gasteiger partial charge in [0.2, 0.25) is 0 Å². The average molecular weight is 447 g/mol. The van der Waals surface area contributed by atoms with E-state index in [2.05, 4.69) is 20.5 Å². The highest BCUT2D eigenvalue weighted by molar-refractivity contribution is 7.92. The number of nitrogens with zero attached hydrogens (tertiary/aromatic N) is 2. The van der Waals surface area contributed by atoms with Gasteiger partial charge in [-0.3, -0.25) is 10.1 Å². The SMILES string of the molecule is CNc1ccnc2cc(C)c(S(=O)(=O)C(C)(C)C)cc12.Fc1cc(F)c2[nH]ncc2c1. The number of hydrogen-bond acceptors (Lipinski definition) is 5. The summed E-state index contributed by atoms with van der Waals surface area (Å²) in [6, 6.07) is 7.44. The number of aryl methyl sites for hydroxylation is 1. The number of anilines is 1. The fraction of sp³-hybridized carbons (Fsp3) is 0.273. The topological polar surface area (TPSA) is 87.7 Å². The number of rotatable bonds is 2. The lowest BCUT2D eigenvalue weighted by molar-refractivity contribution is 0.559. The molecule has 0 unspecified atom stereocenters. The van der Waals surface area contributed by atoms with Gasteiger partial charge in [-0.25, -0.2) is 17.2 Å². The summed E-state index contributed by atoms with van der Waals surface area (Å²) >= 11 is 0. The van der Waals surface area contributed by atoms with Crippen LogP contribution in [0.3, 0.4) is 0 Å². The van der Waals surface area contributed by atoms with E-state index in [0.29, 0.717) is 10.3 Å². The van der Waals surface area contributed by atoms with Crippen molar-refractivity contribution in [2.75, 3.05) is 12.4 Å². The van der Waals surface area contributed by atoms with E-state index in [1.54, 1.807) is 33.0 Å². The normalized spacial score (nSPS) is 12.0. The predicted octanol–water partition coefficient (Wildman–Crippen LogP) is 5.00. The van der Waals surface area contributed by atoms with Gasteiger partial charge in [0.05, 0.1) is 21.4 Å². The standard InChI is InChI=1S/C15H20N2O2S.C7H4F2N2/c1-10-8-13-11(12(16-5)6-7-17-13)9-14(10)20(18,19)15(2,3)4;8-5-1-4-3-10-11-7(4)6(9)2-5/h6-9H,1-5H3,(H,16,17);1-3H,(H,10,11). The summed E-state index contributed by atoms with van der Waals surface area (Å²) in [5, 5.41) is 10.3. The van der Waals surface area contributed by atoms with Crippen LogP contribution in [-0.2, 0) is 9.84 Å². The van der Waals surface area contributed by atoms with E-state index in [1.807, 2.05) is 26.1 Å². The number of halogens is 2. The van der Waals surface area contributed by atoms with E-state index in [9.17, 15) is 17.2 Å². The number of benzene rings is 2. The van der Waals surface area contributed by atoms with Crippen LogP contribution in [-0.4, -0.2) is 35.4 Å². The van der Waals surface area contributed by atoms with Gasteiger partial charge in [0.25, 0.3) is 0 Å². The molecule has 4 aromatic rings. The van der Waals surface area contributed by atoms with E-state index in [1.165, 1.54) is 12.3 Å². The number of H-pyrrole nitrogens is 1. The van der Waals surface area contributed by atoms with Crippen LogP contribution in [0.25, 0.3) is 21.8 Å². The first-order valence-electron chi connectivity index (χ1n) is 9.55. The fourth-order valence-electron chi connectivity index (χ4n) is 3.09. The summed E-state index contributed by atoms with van der Waals surface area (Å²) in [5.74, 6) is -1.20. The van der Waals surface area contributed by atoms with E-state index in [0.717, 1.165) is 28.2 Å². The number of nitrogens with one attached hydrogen (secondary N) is 2. The lowest BCUT2D eigenvalue weighted by atomic mass is 10.1. The molecule has 0 bridgehead atoms. The Morgan fingerprint density at radius 2 is 1.81 bits per heavy atom. The molecule has 2 N–H and O–H groups in total. The second-order valence-electron chi connectivity index (χ2n) is 8.08. The van der Waals surface area contributed by atoms with Crippen LogP contribution in [0.1, 0.15) is 26.3 Å². The van der Waals surface area contributed by atoms with Crippen molar-refractivity contribution in [2.45, 2.75) is 37.3 Å². The van der Waals surface area contributed by atoms with E-state index in [-0.39, 0.29) is 5.52 Å². The van der Waals surface area contributed by atoms with Gasteiger partial charge in [-0.05, 0) is 57.5 Å². The molecule has 164 valence electrons. The van der Waals surface area contributed by atoms with Crippen molar-refractivity contribution in [3.05, 3.63) is 59.9 Å². The van der Waals surface area contributed by atoms with Crippen LogP contribution in [0.15, 0.2) is 47.6 Å². The van der Waals surface area contributed by atoms with Crippen molar-refractivity contribution in [1.82, 2.24) is 15.2 Å². The third kappa shape index (κ3) is 4.36. The maximum atomic E-state index is 12.8. The Balaban J connectivity index is 0.000000207. The minimum atomic E-state index is -3.38. The third-order valence-electron chi connectivity index (χ3n) is 4.87. The second-order valence-corrected chi connectivity index (χ2v) is 10.8. The number of pyridine rings is 1. The monoisotopic (exact) mass is 446 g/mol. The summed E-state index contributed by atoms with van der Waals surface area (Å²) in [6.07, 6.45) is 3.09. The molecule has 0 saturated heterocycles. The number of aromatic amines is 1. The van der Waals surface area contributed by atoms with E-state index in [4.69, 9.17) is 0 Å². The van der Waals surface area contributed by atoms with Crippen LogP contribution in [0.4, 0.5) is 14.5 Å². The lowest BCUT2D eigenvalue weighted by Gasteiger charge is -2.21. The highest BCUT2D eigenvalue weighted by atomic mass is 32.2. The van der Waals surface area contributed by atoms with E-state index < -0.39 is 26.2 Å². The van der Waals surface area contributed by atoms with Crippen LogP contribution in [0.5, 0.6) is 0 Å². The van der Waals surface area contributed by atoms with Gasteiger partial charge < -0.3 is 5.32 Å². The van der Waals surface area contributed by atoms with Gasteiger partial charge >= 0.3 is 0 Å². The minimum Gasteiger partial charge on any atom is -0.388 e. The van der Waals surface area contributed by atoms with Crippen molar-refractivity contribution in [3.63, 3.8) is 0 Å². The van der Waals surface area contributed by atoms with Crippen molar-refractivity contribution >= 4 is 37.3 Å². The lowest BCUT2D eigenvalue weighted by Crippen LogP contribution is -2.28. The van der Waals surface area contributed by atoms with Gasteiger partial charge in [0.15, 0.2) is 15.7 Å². The predicted molar refractivity (Wildman–Crippen MR) is 119 cm³/mol. The minimum absolute atomic E-state index is 0.242. The quantitative estimate of drug-likeness (QED) is 0.453. The van der Waals surface area contributed by atoms with Gasteiger partial charge in [0.1, 0.15) is 11.3 Å². The first-order chi connectivity index (χ1) is 14.5. The Kier molecular flexibility index (Phi) is 6.00. The Hall–Kier alpha value is -3.07. The average Bonchev–Trinajstić information content (AvgIpc) is 3.15. The summed E-state index contributed by atoms with van der Waals surface area (Å²) in [7, 11) is -1.57. The molecule has 2 aromatic heterocycles. The Morgan fingerprint density at radius 1 is 1.10 bits per heavy atom. The van der Waals surface area contributed by atoms with Crippen LogP contribution in [0.2, 0.25) is 0 Å². The largest absolute Gasteiger partial charge is 0.388 e. The Morgan fingerprint density at radius 3 is 2.45 bits per heavy atom. The molecule has 9 heteroatoms. The molecule has 0 saturated carbocycles. The molecule has 2 heterocycles. The van der Waals surface area contributed by atoms with Gasteiger partial charge in [0, 0.05) is 35.8 Å². The molecule has 0 spiro atoms. The molecule has 2 aromatic carbocycles. The molecule has 0 amide bonds. The Labute approximate surface area is 179 Å². The van der Waals surface area contributed by atoms with Crippen molar-refractivity contribution in [1.29, 1.82) is 0 Å². The zero-order valence-electron chi connectivity index (χ0n) is 17.9. The number of hydrogen-bond donors (Lipinski definition) is 2. The molecule has 0 atom stereocenters. The molecule has 31 heavy (non-hydrogen) atoms. The third-order valence-corrected chi connectivity index (χ3v) is 7.50. The highest BCUT2D eigenvalue weighted by Crippen LogP contribution is 2.32. The molecule has 0 fully saturated rings. The number of aromatic nitrogens is 3. The fourth-order valence-corrected chi connectivity index (χ4v) is 4.51. The van der Waals surface area contributed by atoms with Crippen molar-refractivity contribution in [3.8, 4) is 0 Å². The molecule has 6 nitrogen and oxygen atoms in total. The molecule has 0 aliphatic rings. The molecule has 4 rings (SSSR count). The summed E-state index contributed by atoms with van der Waals surface area (Å²) in [4.78, 5) is 4.68. The second kappa shape index (κ2) is 8.22. The van der Waals surface area contributed by atoms with Crippen molar-refractivity contribution < 1.29 is 17.2 Å². The highest BCUT2D eigenvalue weighted by Gasteiger charge is 2.32. The zero-order chi connectivity index (χ0) is 23.0. The number of sulfone groups is 1. The van der Waals surface area contributed by atoms with Crippen LogP contribution < -0.4 is 5.32 Å². The van der Waals surface area contributed by atoms with Crippen LogP contribution in [0, 0.1) is 18.6 Å². The summed E-state index contributed by atoms with van der Waals surface area (Å²) < 4.78 is 49.8. The maximum Gasteiger partial charge on any atom is 0.183 e. The zero-order valence-corrected chi connectivity index (χ0v) is 18.7. The smallest absolute Gasteiger partial charge is 0.183 e. The number of fused-ring (bicyclic) bond motifs is 2. The van der Waals surface area contributed by atoms with E-state index >= 15 is 0 Å². The van der Waals surface area contributed by atoms with Gasteiger partial charge in [-0.2, -0.15) is 5.10 Å². The molecular weight excluding hydrogens is 422 g/mol. The summed E-state index contributed by atoms with van der Waals surface area (Å²) in [6.45, 7) is 6.96. The molecular formula is C22H24F2N4O2S. The first kappa shape index (κ1) is 22.6. The maximum absolute atomic E-state index is 12.8.